The van der Waals surface area contributed by atoms with E-state index in [9.17, 15) is 34.1 Å². The lowest BCUT2D eigenvalue weighted by atomic mass is 9.81. The largest absolute Gasteiger partial charge is 0.423 e. The van der Waals surface area contributed by atoms with Gasteiger partial charge in [0.05, 0.1) is 32.4 Å². The van der Waals surface area contributed by atoms with Crippen molar-refractivity contribution in [1.82, 2.24) is 10.0 Å². The molecule has 0 spiro atoms. The molecule has 232 valence electrons. The van der Waals surface area contributed by atoms with E-state index in [1.54, 1.807) is 0 Å². The molecule has 1 saturated carbocycles. The van der Waals surface area contributed by atoms with Gasteiger partial charge in [-0.15, -0.1) is 0 Å². The van der Waals surface area contributed by atoms with Gasteiger partial charge in [0.15, 0.2) is 5.78 Å². The predicted molar refractivity (Wildman–Crippen MR) is 170 cm³/mol. The minimum Gasteiger partial charge on any atom is -0.423 e. The number of Topliss-reactive ketones (excluding diaryl/α,β-unsaturated/α-hetero) is 1. The molecule has 3 aromatic carbocycles. The molecule has 2 fully saturated rings. The van der Waals surface area contributed by atoms with E-state index in [1.165, 1.54) is 66.7 Å². The maximum Gasteiger partial charge on any atom is 0.343 e. The second-order valence-corrected chi connectivity index (χ2v) is 13.5. The van der Waals surface area contributed by atoms with E-state index in [4.69, 9.17) is 27.9 Å². The Morgan fingerprint density at radius 3 is 1.91 bits per heavy atom. The fraction of sp³-hybridized carbons (Fsp3) is 0.233. The van der Waals surface area contributed by atoms with Crippen LogP contribution in [0.25, 0.3) is 0 Å². The number of alkyl halides is 2. The molecule has 1 aliphatic heterocycles. The zero-order chi connectivity index (χ0) is 32.6. The number of amides is 3. The Kier molecular flexibility index (Phi) is 9.73. The highest BCUT2D eigenvalue weighted by Crippen LogP contribution is 2.44. The number of carbonyl (C=O) groups is 5. The molecule has 0 bridgehead atoms. The van der Waals surface area contributed by atoms with Crippen molar-refractivity contribution in [3.63, 3.8) is 0 Å². The average molecular weight is 782 g/mol. The molecule has 11 nitrogen and oxygen atoms in total. The molecule has 0 unspecified atom stereocenters. The molecular formula is C30H21Br2Cl2N3O8. The van der Waals surface area contributed by atoms with Crippen molar-refractivity contribution in [2.24, 2.45) is 11.8 Å². The fourth-order valence-corrected chi connectivity index (χ4v) is 6.68. The second kappa shape index (κ2) is 13.4. The molecule has 4 atom stereocenters. The number of non-ortho nitro benzene ring substituents is 1. The number of nitro benzene ring substituents is 1. The second-order valence-electron chi connectivity index (χ2n) is 10.3. The van der Waals surface area contributed by atoms with Crippen molar-refractivity contribution in [2.75, 3.05) is 6.54 Å². The first-order valence-electron chi connectivity index (χ1n) is 13.4. The van der Waals surface area contributed by atoms with Gasteiger partial charge in [-0.2, -0.15) is 5.01 Å². The summed E-state index contributed by atoms with van der Waals surface area (Å²) in [4.78, 5) is 77.0. The number of ether oxygens (including phenoxy) is 1. The van der Waals surface area contributed by atoms with Gasteiger partial charge >= 0.3 is 5.97 Å². The van der Waals surface area contributed by atoms with Crippen molar-refractivity contribution in [3.8, 4) is 5.75 Å². The SMILES string of the molecule is O=C(CN(C(=O)c1ccc(Cl)c(Cl)c1)N1C(=O)[C@@H]2C[C@H](Br)[C@@H](Br)C[C@H]2C1=O)c1ccc(OC(=O)c2ccc([N+](=O)[O-])cc2)cc1. The van der Waals surface area contributed by atoms with Gasteiger partial charge in [0, 0.05) is 32.9 Å². The van der Waals surface area contributed by atoms with Gasteiger partial charge in [0.25, 0.3) is 23.4 Å². The summed E-state index contributed by atoms with van der Waals surface area (Å²) in [5, 5.41) is 12.7. The Morgan fingerprint density at radius 1 is 0.844 bits per heavy atom. The van der Waals surface area contributed by atoms with Crippen molar-refractivity contribution >= 4 is 90.2 Å². The number of nitrogens with zero attached hydrogens (tertiary/aromatic N) is 3. The van der Waals surface area contributed by atoms with Crippen molar-refractivity contribution in [1.29, 1.82) is 0 Å². The van der Waals surface area contributed by atoms with Crippen molar-refractivity contribution in [2.45, 2.75) is 22.5 Å². The predicted octanol–water partition coefficient (Wildman–Crippen LogP) is 6.28. The zero-order valence-electron chi connectivity index (χ0n) is 22.9. The number of imide groups is 1. The lowest BCUT2D eigenvalue weighted by Crippen LogP contribution is -2.52. The van der Waals surface area contributed by atoms with E-state index in [0.29, 0.717) is 12.8 Å². The minimum absolute atomic E-state index is 0.0120. The first-order valence-corrected chi connectivity index (χ1v) is 16.0. The summed E-state index contributed by atoms with van der Waals surface area (Å²) in [6.07, 6.45) is 0.731. The number of carbonyl (C=O) groups excluding carboxylic acids is 5. The van der Waals surface area contributed by atoms with E-state index in [1.807, 2.05) is 0 Å². The summed E-state index contributed by atoms with van der Waals surface area (Å²) >= 11 is 19.2. The Labute approximate surface area is 282 Å². The van der Waals surface area contributed by atoms with E-state index in [-0.39, 0.29) is 47.8 Å². The normalized spacial score (nSPS) is 20.8. The summed E-state index contributed by atoms with van der Waals surface area (Å²) < 4.78 is 5.30. The molecule has 0 aromatic heterocycles. The van der Waals surface area contributed by atoms with Crippen molar-refractivity contribution < 1.29 is 33.6 Å². The summed E-state index contributed by atoms with van der Waals surface area (Å²) in [5.74, 6) is -4.59. The highest BCUT2D eigenvalue weighted by Gasteiger charge is 2.54. The molecule has 1 heterocycles. The van der Waals surface area contributed by atoms with Crippen LogP contribution in [0.1, 0.15) is 43.9 Å². The molecule has 0 radical (unpaired) electrons. The summed E-state index contributed by atoms with van der Waals surface area (Å²) in [6.45, 7) is -0.659. The zero-order valence-corrected chi connectivity index (χ0v) is 27.6. The number of hydrogen-bond donors (Lipinski definition) is 0. The molecule has 15 heteroatoms. The third-order valence-electron chi connectivity index (χ3n) is 7.52. The number of esters is 1. The average Bonchev–Trinajstić information content (AvgIpc) is 3.25. The molecule has 45 heavy (non-hydrogen) atoms. The summed E-state index contributed by atoms with van der Waals surface area (Å²) in [7, 11) is 0. The first kappa shape index (κ1) is 32.7. The van der Waals surface area contributed by atoms with Crippen LogP contribution in [0.5, 0.6) is 5.75 Å². The lowest BCUT2D eigenvalue weighted by molar-refractivity contribution is -0.384. The number of benzene rings is 3. The summed E-state index contributed by atoms with van der Waals surface area (Å²) in [5.41, 5.74) is 0.0135. The van der Waals surface area contributed by atoms with Crippen LogP contribution >= 0.6 is 55.1 Å². The quantitative estimate of drug-likeness (QED) is 0.0494. The maximum atomic E-state index is 13.8. The van der Waals surface area contributed by atoms with Gasteiger partial charge in [-0.3, -0.25) is 29.3 Å². The number of rotatable bonds is 8. The molecule has 2 aliphatic rings. The van der Waals surface area contributed by atoms with Gasteiger partial charge in [-0.1, -0.05) is 55.1 Å². The van der Waals surface area contributed by atoms with Crippen LogP contribution < -0.4 is 4.74 Å². The van der Waals surface area contributed by atoms with Gasteiger partial charge in [0.1, 0.15) is 12.3 Å². The van der Waals surface area contributed by atoms with E-state index in [2.05, 4.69) is 31.9 Å². The topological polar surface area (TPSA) is 144 Å². The number of fused-ring (bicyclic) bond motifs is 1. The molecule has 3 amide bonds. The van der Waals surface area contributed by atoms with Crippen molar-refractivity contribution in [3.05, 3.63) is 104 Å². The molecule has 1 saturated heterocycles. The minimum atomic E-state index is -0.804. The fourth-order valence-electron chi connectivity index (χ4n) is 5.15. The summed E-state index contributed by atoms with van der Waals surface area (Å²) in [6, 6.07) is 14.4. The highest BCUT2D eigenvalue weighted by atomic mass is 79.9. The van der Waals surface area contributed by atoms with Crippen LogP contribution in [-0.2, 0) is 9.59 Å². The van der Waals surface area contributed by atoms with Crippen LogP contribution in [0, 0.1) is 22.0 Å². The highest BCUT2D eigenvalue weighted by molar-refractivity contribution is 9.12. The Morgan fingerprint density at radius 2 is 1.38 bits per heavy atom. The van der Waals surface area contributed by atoms with Gasteiger partial charge in [0.2, 0.25) is 0 Å². The Balaban J connectivity index is 1.37. The molecular weight excluding hydrogens is 761 g/mol. The lowest BCUT2D eigenvalue weighted by Gasteiger charge is -2.30. The first-order chi connectivity index (χ1) is 21.3. The molecule has 0 N–H and O–H groups in total. The van der Waals surface area contributed by atoms with Crippen LogP contribution in [0.3, 0.4) is 0 Å². The van der Waals surface area contributed by atoms with Crippen LogP contribution in [-0.4, -0.2) is 60.6 Å². The number of halogens is 4. The van der Waals surface area contributed by atoms with E-state index >= 15 is 0 Å². The van der Waals surface area contributed by atoms with Crippen LogP contribution in [0.2, 0.25) is 10.0 Å². The van der Waals surface area contributed by atoms with Crippen LogP contribution in [0.4, 0.5) is 5.69 Å². The smallest absolute Gasteiger partial charge is 0.343 e. The van der Waals surface area contributed by atoms with E-state index < -0.39 is 52.8 Å². The standard InChI is InChI=1S/C30H21Br2Cl2N3O8/c31-22-12-20-21(13-23(22)32)29(41)36(28(20)40)35(27(39)17-5-10-24(33)25(34)11-17)14-26(38)15-3-8-19(9-4-15)45-30(42)16-1-6-18(7-2-16)37(43)44/h1-11,20-23H,12-14H2/t20-,21-,22+,23+/m1/s1. The monoisotopic (exact) mass is 779 g/mol. The Bertz CT molecular complexity index is 1690. The van der Waals surface area contributed by atoms with E-state index in [0.717, 1.165) is 10.0 Å². The number of hydrazine groups is 1. The number of ketones is 1. The maximum absolute atomic E-state index is 13.8. The third kappa shape index (κ3) is 6.81. The number of nitro groups is 1. The number of hydrogen-bond acceptors (Lipinski definition) is 8. The van der Waals surface area contributed by atoms with Gasteiger partial charge in [-0.25, -0.2) is 9.80 Å². The van der Waals surface area contributed by atoms with Gasteiger partial charge in [-0.05, 0) is 67.4 Å². The third-order valence-corrected chi connectivity index (χ3v) is 11.0. The molecule has 1 aliphatic carbocycles. The van der Waals surface area contributed by atoms with Gasteiger partial charge < -0.3 is 4.74 Å². The Hall–Kier alpha value is -3.65. The molecule has 3 aromatic rings. The molecule has 5 rings (SSSR count). The van der Waals surface area contributed by atoms with Crippen LogP contribution in [0.15, 0.2) is 66.7 Å².